The van der Waals surface area contributed by atoms with Gasteiger partial charge in [-0.05, 0) is 25.0 Å². The van der Waals surface area contributed by atoms with Crippen LogP contribution in [0, 0.1) is 5.41 Å². The van der Waals surface area contributed by atoms with Crippen LogP contribution >= 0.6 is 0 Å². The number of aromatic nitrogens is 2. The van der Waals surface area contributed by atoms with Gasteiger partial charge in [0, 0.05) is 43.4 Å². The van der Waals surface area contributed by atoms with Crippen LogP contribution in [-0.2, 0) is 10.2 Å². The first-order valence-electron chi connectivity index (χ1n) is 8.70. The summed E-state index contributed by atoms with van der Waals surface area (Å²) in [4.78, 5) is 19.6. The van der Waals surface area contributed by atoms with E-state index >= 15 is 0 Å². The average Bonchev–Trinajstić information content (AvgIpc) is 3.01. The van der Waals surface area contributed by atoms with Gasteiger partial charge in [-0.2, -0.15) is 0 Å². The Morgan fingerprint density at radius 2 is 2.12 bits per heavy atom. The van der Waals surface area contributed by atoms with Crippen molar-refractivity contribution in [1.82, 2.24) is 14.3 Å². The summed E-state index contributed by atoms with van der Waals surface area (Å²) >= 11 is 0. The number of carbonyl (C=O) groups excluding carboxylic acids is 1. The first kappa shape index (κ1) is 16.8. The van der Waals surface area contributed by atoms with Crippen molar-refractivity contribution in [2.75, 3.05) is 25.5 Å². The molecule has 3 heterocycles. The maximum Gasteiger partial charge on any atom is 0.227 e. The van der Waals surface area contributed by atoms with Crippen molar-refractivity contribution < 1.29 is 4.79 Å². The predicted molar refractivity (Wildman–Crippen MR) is 97.4 cm³/mol. The van der Waals surface area contributed by atoms with Crippen LogP contribution in [0.15, 0.2) is 24.5 Å². The number of anilines is 1. The number of fused-ring (bicyclic) bond motifs is 1. The van der Waals surface area contributed by atoms with Crippen LogP contribution in [0.25, 0.3) is 5.52 Å². The minimum Gasteiger partial charge on any atom is -0.371 e. The number of hydrogen-bond acceptors (Lipinski definition) is 3. The van der Waals surface area contributed by atoms with Crippen LogP contribution in [0.4, 0.5) is 5.82 Å². The van der Waals surface area contributed by atoms with Gasteiger partial charge in [-0.3, -0.25) is 4.79 Å². The van der Waals surface area contributed by atoms with Gasteiger partial charge in [-0.15, -0.1) is 0 Å². The molecule has 0 aliphatic carbocycles. The third-order valence-electron chi connectivity index (χ3n) is 5.00. The van der Waals surface area contributed by atoms with Crippen molar-refractivity contribution in [2.45, 2.75) is 46.0 Å². The lowest BCUT2D eigenvalue weighted by atomic mass is 9.78. The number of amides is 1. The number of likely N-dealkylation sites (tertiary alicyclic amines) is 1. The monoisotopic (exact) mass is 328 g/mol. The molecule has 1 amide bonds. The minimum absolute atomic E-state index is 0.122. The summed E-state index contributed by atoms with van der Waals surface area (Å²) in [5, 5.41) is 3.20. The summed E-state index contributed by atoms with van der Waals surface area (Å²) in [5.74, 6) is 1.11. The molecule has 2 aromatic heterocycles. The Morgan fingerprint density at radius 3 is 2.79 bits per heavy atom. The lowest BCUT2D eigenvalue weighted by Gasteiger charge is -2.42. The van der Waals surface area contributed by atoms with Gasteiger partial charge in [-0.25, -0.2) is 4.98 Å². The Hall–Kier alpha value is -2.04. The van der Waals surface area contributed by atoms with Gasteiger partial charge in [0.1, 0.15) is 5.82 Å². The highest BCUT2D eigenvalue weighted by Crippen LogP contribution is 2.35. The predicted octanol–water partition coefficient (Wildman–Crippen LogP) is 3.30. The minimum atomic E-state index is -0.341. The van der Waals surface area contributed by atoms with Gasteiger partial charge in [0.15, 0.2) is 0 Å². The molecule has 1 saturated heterocycles. The van der Waals surface area contributed by atoms with E-state index in [1.165, 1.54) is 0 Å². The van der Waals surface area contributed by atoms with Gasteiger partial charge in [-0.1, -0.05) is 27.7 Å². The van der Waals surface area contributed by atoms with E-state index in [0.717, 1.165) is 43.0 Å². The fourth-order valence-corrected chi connectivity index (χ4v) is 3.62. The fraction of sp³-hybridized carbons (Fsp3) is 0.579. The summed E-state index contributed by atoms with van der Waals surface area (Å²) in [6, 6.07) is 4.08. The summed E-state index contributed by atoms with van der Waals surface area (Å²) in [5.41, 5.74) is 1.65. The van der Waals surface area contributed by atoms with Crippen molar-refractivity contribution in [3.63, 3.8) is 0 Å². The molecule has 1 fully saturated rings. The molecular weight excluding hydrogens is 300 g/mol. The lowest BCUT2D eigenvalue weighted by Crippen LogP contribution is -2.50. The van der Waals surface area contributed by atoms with Crippen LogP contribution in [0.1, 0.15) is 46.2 Å². The van der Waals surface area contributed by atoms with Crippen molar-refractivity contribution in [3.8, 4) is 0 Å². The molecule has 1 aliphatic rings. The number of rotatable bonds is 2. The number of nitrogens with zero attached hydrogens (tertiary/aromatic N) is 3. The first-order valence-corrected chi connectivity index (χ1v) is 8.70. The third-order valence-corrected chi connectivity index (χ3v) is 5.00. The summed E-state index contributed by atoms with van der Waals surface area (Å²) in [6.07, 6.45) is 6.22. The lowest BCUT2D eigenvalue weighted by molar-refractivity contribution is -0.141. The second-order valence-electron chi connectivity index (χ2n) is 8.17. The van der Waals surface area contributed by atoms with Crippen LogP contribution in [-0.4, -0.2) is 40.3 Å². The molecule has 0 aromatic carbocycles. The molecule has 0 saturated carbocycles. The second kappa shape index (κ2) is 5.80. The van der Waals surface area contributed by atoms with E-state index in [1.54, 1.807) is 0 Å². The Kier molecular flexibility index (Phi) is 4.06. The molecular formula is C19H28N4O. The van der Waals surface area contributed by atoms with Gasteiger partial charge in [0.05, 0.1) is 11.2 Å². The van der Waals surface area contributed by atoms with Crippen molar-refractivity contribution in [1.29, 1.82) is 0 Å². The van der Waals surface area contributed by atoms with E-state index in [9.17, 15) is 4.79 Å². The number of nitrogens with one attached hydrogen (secondary N) is 1. The maximum absolute atomic E-state index is 12.7. The fourth-order valence-electron chi connectivity index (χ4n) is 3.62. The molecule has 24 heavy (non-hydrogen) atoms. The van der Waals surface area contributed by atoms with E-state index in [1.807, 2.05) is 45.0 Å². The molecule has 3 rings (SSSR count). The van der Waals surface area contributed by atoms with Crippen LogP contribution < -0.4 is 5.32 Å². The van der Waals surface area contributed by atoms with Crippen LogP contribution in [0.5, 0.6) is 0 Å². The third kappa shape index (κ3) is 2.87. The molecule has 0 spiro atoms. The Labute approximate surface area is 144 Å². The topological polar surface area (TPSA) is 49.6 Å². The molecule has 2 aromatic rings. The van der Waals surface area contributed by atoms with Crippen molar-refractivity contribution >= 4 is 17.2 Å². The molecule has 0 radical (unpaired) electrons. The number of carbonyl (C=O) groups is 1. The van der Waals surface area contributed by atoms with E-state index in [4.69, 9.17) is 4.98 Å². The number of piperidine rings is 1. The molecule has 0 unspecified atom stereocenters. The summed E-state index contributed by atoms with van der Waals surface area (Å²) in [7, 11) is 1.90. The van der Waals surface area contributed by atoms with E-state index in [-0.39, 0.29) is 16.7 Å². The molecule has 1 atom stereocenters. The van der Waals surface area contributed by atoms with Crippen molar-refractivity contribution in [3.05, 3.63) is 30.2 Å². The van der Waals surface area contributed by atoms with Gasteiger partial charge in [0.2, 0.25) is 5.91 Å². The quantitative estimate of drug-likeness (QED) is 0.920. The highest BCUT2D eigenvalue weighted by Gasteiger charge is 2.39. The molecule has 5 heteroatoms. The zero-order valence-corrected chi connectivity index (χ0v) is 15.4. The Balaban J connectivity index is 1.97. The number of hydrogen-bond donors (Lipinski definition) is 1. The smallest absolute Gasteiger partial charge is 0.227 e. The normalized spacial score (nSPS) is 22.0. The molecule has 1 N–H and O–H groups in total. The second-order valence-corrected chi connectivity index (χ2v) is 8.17. The zero-order valence-electron chi connectivity index (χ0n) is 15.4. The largest absolute Gasteiger partial charge is 0.371 e. The van der Waals surface area contributed by atoms with Crippen molar-refractivity contribution in [2.24, 2.45) is 5.41 Å². The van der Waals surface area contributed by atoms with E-state index in [2.05, 4.69) is 28.9 Å². The van der Waals surface area contributed by atoms with E-state index in [0.29, 0.717) is 0 Å². The highest BCUT2D eigenvalue weighted by atomic mass is 16.2. The maximum atomic E-state index is 12.7. The van der Waals surface area contributed by atoms with Gasteiger partial charge in [0.25, 0.3) is 0 Å². The standard InChI is InChI=1S/C19H28N4O/c1-18(2,3)17(24)23-11-7-9-19(4,13-23)15-12-22-10-6-8-14(22)16(20-5)21-15/h6,8,10,12H,7,9,11,13H2,1-5H3,(H,20,21)/t19-/m1/s1. The average molecular weight is 328 g/mol. The molecule has 130 valence electrons. The Bertz CT molecular complexity index is 758. The molecule has 1 aliphatic heterocycles. The SMILES string of the molecule is CNc1nc([C@]2(C)CCCN(C(=O)C(C)(C)C)C2)cn2cccc12. The molecule has 0 bridgehead atoms. The van der Waals surface area contributed by atoms with Gasteiger partial charge < -0.3 is 14.6 Å². The zero-order chi connectivity index (χ0) is 17.5. The van der Waals surface area contributed by atoms with Gasteiger partial charge >= 0.3 is 0 Å². The summed E-state index contributed by atoms with van der Waals surface area (Å²) < 4.78 is 2.12. The van der Waals surface area contributed by atoms with Crippen LogP contribution in [0.3, 0.4) is 0 Å². The first-order chi connectivity index (χ1) is 11.2. The Morgan fingerprint density at radius 1 is 1.38 bits per heavy atom. The van der Waals surface area contributed by atoms with Crippen LogP contribution in [0.2, 0.25) is 0 Å². The van der Waals surface area contributed by atoms with E-state index < -0.39 is 0 Å². The summed E-state index contributed by atoms with van der Waals surface area (Å²) in [6.45, 7) is 9.77. The highest BCUT2D eigenvalue weighted by molar-refractivity contribution is 5.81. The molecule has 5 nitrogen and oxygen atoms in total.